The Morgan fingerprint density at radius 2 is 2.09 bits per heavy atom. The van der Waals surface area contributed by atoms with Crippen molar-refractivity contribution in [1.82, 2.24) is 4.90 Å². The summed E-state index contributed by atoms with van der Waals surface area (Å²) < 4.78 is 4.50. The molecule has 0 spiro atoms. The fraction of sp³-hybridized carbons (Fsp3) is 0.571. The summed E-state index contributed by atoms with van der Waals surface area (Å²) in [5.41, 5.74) is 0. The largest absolute Gasteiger partial charge is 0.457 e. The van der Waals surface area contributed by atoms with Crippen LogP contribution in [0.2, 0.25) is 0 Å². The van der Waals surface area contributed by atoms with Gasteiger partial charge in [-0.15, -0.1) is 0 Å². The van der Waals surface area contributed by atoms with Crippen molar-refractivity contribution in [2.24, 2.45) is 0 Å². The van der Waals surface area contributed by atoms with Gasteiger partial charge in [0.1, 0.15) is 13.2 Å². The van der Waals surface area contributed by atoms with Crippen LogP contribution in [0.25, 0.3) is 0 Å². The van der Waals surface area contributed by atoms with E-state index in [-0.39, 0.29) is 12.5 Å². The summed E-state index contributed by atoms with van der Waals surface area (Å²) in [7, 11) is 1.54. The SMILES string of the molecule is C[CH]OC(=O)CN(C)C(C)=O. The highest BCUT2D eigenvalue weighted by Gasteiger charge is 2.08. The van der Waals surface area contributed by atoms with E-state index in [0.29, 0.717) is 0 Å². The van der Waals surface area contributed by atoms with Crippen molar-refractivity contribution >= 4 is 11.9 Å². The second-order valence-electron chi connectivity index (χ2n) is 2.10. The summed E-state index contributed by atoms with van der Waals surface area (Å²) in [5, 5.41) is 0. The van der Waals surface area contributed by atoms with Gasteiger partial charge < -0.3 is 9.64 Å². The van der Waals surface area contributed by atoms with Crippen LogP contribution in [-0.2, 0) is 14.3 Å². The molecule has 0 aliphatic carbocycles. The number of hydrogen-bond acceptors (Lipinski definition) is 3. The Morgan fingerprint density at radius 1 is 1.55 bits per heavy atom. The van der Waals surface area contributed by atoms with Gasteiger partial charge in [-0.2, -0.15) is 0 Å². The van der Waals surface area contributed by atoms with Crippen LogP contribution in [0, 0.1) is 6.61 Å². The standard InChI is InChI=1S/C7H12NO3/c1-4-11-7(10)5-8(3)6(2)9/h4H,5H2,1-3H3. The van der Waals surface area contributed by atoms with Gasteiger partial charge in [-0.1, -0.05) is 0 Å². The molecular weight excluding hydrogens is 146 g/mol. The van der Waals surface area contributed by atoms with Gasteiger partial charge in [-0.05, 0) is 6.92 Å². The Hall–Kier alpha value is -1.06. The molecule has 0 aromatic carbocycles. The topological polar surface area (TPSA) is 46.6 Å². The smallest absolute Gasteiger partial charge is 0.326 e. The van der Waals surface area contributed by atoms with Crippen molar-refractivity contribution < 1.29 is 14.3 Å². The summed E-state index contributed by atoms with van der Waals surface area (Å²) in [4.78, 5) is 22.6. The van der Waals surface area contributed by atoms with Crippen LogP contribution in [0.1, 0.15) is 13.8 Å². The van der Waals surface area contributed by atoms with Gasteiger partial charge in [0.05, 0.1) is 0 Å². The fourth-order valence-electron chi connectivity index (χ4n) is 0.474. The van der Waals surface area contributed by atoms with Crippen LogP contribution < -0.4 is 0 Å². The molecule has 0 rings (SSSR count). The second-order valence-corrected chi connectivity index (χ2v) is 2.10. The first-order chi connectivity index (χ1) is 5.07. The third-order valence-electron chi connectivity index (χ3n) is 1.15. The monoisotopic (exact) mass is 158 g/mol. The van der Waals surface area contributed by atoms with Crippen LogP contribution in [0.3, 0.4) is 0 Å². The number of amides is 1. The number of ether oxygens (including phenoxy) is 1. The van der Waals surface area contributed by atoms with Crippen LogP contribution in [0.15, 0.2) is 0 Å². The van der Waals surface area contributed by atoms with Crippen molar-refractivity contribution in [2.45, 2.75) is 13.8 Å². The number of esters is 1. The molecule has 0 fully saturated rings. The first-order valence-corrected chi connectivity index (χ1v) is 3.27. The van der Waals surface area contributed by atoms with Gasteiger partial charge in [0.15, 0.2) is 0 Å². The minimum absolute atomic E-state index is 0.000324. The summed E-state index contributed by atoms with van der Waals surface area (Å²) in [5.74, 6) is -0.580. The second kappa shape index (κ2) is 4.71. The number of rotatable bonds is 3. The van der Waals surface area contributed by atoms with E-state index in [2.05, 4.69) is 4.74 Å². The molecular formula is C7H12NO3. The highest BCUT2D eigenvalue weighted by Crippen LogP contribution is 1.87. The number of nitrogens with zero attached hydrogens (tertiary/aromatic N) is 1. The van der Waals surface area contributed by atoms with E-state index in [1.165, 1.54) is 18.4 Å². The summed E-state index contributed by atoms with van der Waals surface area (Å²) in [6.45, 7) is 4.28. The maximum atomic E-state index is 10.7. The van der Waals surface area contributed by atoms with Crippen LogP contribution >= 0.6 is 0 Å². The van der Waals surface area contributed by atoms with Crippen LogP contribution in [-0.4, -0.2) is 30.4 Å². The summed E-state index contributed by atoms with van der Waals surface area (Å²) >= 11 is 0. The number of carbonyl (C=O) groups is 2. The molecule has 0 aliphatic rings. The lowest BCUT2D eigenvalue weighted by Crippen LogP contribution is -2.30. The van der Waals surface area contributed by atoms with Gasteiger partial charge in [-0.3, -0.25) is 9.59 Å². The molecule has 0 unspecified atom stereocenters. The van der Waals surface area contributed by atoms with E-state index in [4.69, 9.17) is 0 Å². The Balaban J connectivity index is 3.66. The number of carbonyl (C=O) groups excluding carboxylic acids is 2. The first-order valence-electron chi connectivity index (χ1n) is 3.27. The van der Waals surface area contributed by atoms with Crippen molar-refractivity contribution in [3.05, 3.63) is 6.61 Å². The minimum atomic E-state index is -0.426. The highest BCUT2D eigenvalue weighted by molar-refractivity contribution is 5.80. The van der Waals surface area contributed by atoms with Crippen LogP contribution in [0.5, 0.6) is 0 Å². The zero-order valence-corrected chi connectivity index (χ0v) is 6.96. The van der Waals surface area contributed by atoms with E-state index in [1.807, 2.05) is 0 Å². The molecule has 63 valence electrons. The molecule has 0 atom stereocenters. The molecule has 0 saturated heterocycles. The summed E-state index contributed by atoms with van der Waals surface area (Å²) in [6.07, 6.45) is 0. The zero-order chi connectivity index (χ0) is 8.85. The zero-order valence-electron chi connectivity index (χ0n) is 6.96. The van der Waals surface area contributed by atoms with Gasteiger partial charge in [0.25, 0.3) is 0 Å². The Kier molecular flexibility index (Phi) is 4.26. The predicted octanol–water partition coefficient (Wildman–Crippen LogP) is 0.190. The molecule has 0 bridgehead atoms. The van der Waals surface area contributed by atoms with E-state index >= 15 is 0 Å². The molecule has 0 aromatic heterocycles. The maximum absolute atomic E-state index is 10.7. The molecule has 0 heterocycles. The molecule has 4 nitrogen and oxygen atoms in total. The number of hydrogen-bond donors (Lipinski definition) is 0. The summed E-state index contributed by atoms with van der Waals surface area (Å²) in [6, 6.07) is 0. The first kappa shape index (κ1) is 9.94. The third kappa shape index (κ3) is 4.36. The molecule has 11 heavy (non-hydrogen) atoms. The minimum Gasteiger partial charge on any atom is -0.457 e. The average molecular weight is 158 g/mol. The van der Waals surface area contributed by atoms with E-state index in [9.17, 15) is 9.59 Å². The van der Waals surface area contributed by atoms with E-state index in [0.717, 1.165) is 0 Å². The van der Waals surface area contributed by atoms with Crippen LogP contribution in [0.4, 0.5) is 0 Å². The van der Waals surface area contributed by atoms with Crippen molar-refractivity contribution in [2.75, 3.05) is 13.6 Å². The van der Waals surface area contributed by atoms with Crippen molar-refractivity contribution in [3.8, 4) is 0 Å². The highest BCUT2D eigenvalue weighted by atomic mass is 16.5. The maximum Gasteiger partial charge on any atom is 0.326 e. The Bertz CT molecular complexity index is 156. The predicted molar refractivity (Wildman–Crippen MR) is 39.4 cm³/mol. The molecule has 0 aromatic rings. The molecule has 0 saturated carbocycles. The van der Waals surface area contributed by atoms with Gasteiger partial charge in [-0.25, -0.2) is 0 Å². The number of likely N-dealkylation sites (N-methyl/N-ethyl adjacent to an activating group) is 1. The average Bonchev–Trinajstić information content (AvgIpc) is 1.87. The fourth-order valence-corrected chi connectivity index (χ4v) is 0.474. The lowest BCUT2D eigenvalue weighted by Gasteiger charge is -2.12. The Morgan fingerprint density at radius 3 is 2.45 bits per heavy atom. The lowest BCUT2D eigenvalue weighted by molar-refractivity contribution is -0.145. The quantitative estimate of drug-likeness (QED) is 0.551. The molecule has 1 amide bonds. The third-order valence-corrected chi connectivity index (χ3v) is 1.15. The van der Waals surface area contributed by atoms with Crippen molar-refractivity contribution in [3.63, 3.8) is 0 Å². The van der Waals surface area contributed by atoms with Gasteiger partial charge in [0, 0.05) is 14.0 Å². The van der Waals surface area contributed by atoms with E-state index < -0.39 is 5.97 Å². The lowest BCUT2D eigenvalue weighted by atomic mass is 10.5. The van der Waals surface area contributed by atoms with E-state index in [1.54, 1.807) is 14.0 Å². The van der Waals surface area contributed by atoms with Crippen molar-refractivity contribution in [1.29, 1.82) is 0 Å². The molecule has 0 aliphatic heterocycles. The van der Waals surface area contributed by atoms with Gasteiger partial charge >= 0.3 is 5.97 Å². The molecule has 1 radical (unpaired) electrons. The molecule has 4 heteroatoms. The van der Waals surface area contributed by atoms with Gasteiger partial charge in [0.2, 0.25) is 5.91 Å². The Labute approximate surface area is 66.1 Å². The molecule has 0 N–H and O–H groups in total. The normalized spacial score (nSPS) is 9.00.